The topological polar surface area (TPSA) is 72.7 Å². The Morgan fingerprint density at radius 3 is 2.33 bits per heavy atom. The van der Waals surface area contributed by atoms with Gasteiger partial charge in [0.05, 0.1) is 23.6 Å². The summed E-state index contributed by atoms with van der Waals surface area (Å²) in [5, 5.41) is 3.12. The molecule has 7 heteroatoms. The number of amides is 1. The van der Waals surface area contributed by atoms with Crippen molar-refractivity contribution >= 4 is 17.5 Å². The first-order valence-corrected chi connectivity index (χ1v) is 13.5. The standard InChI is InChI=1S/C32H34FN3O3/c1-31(2,3)39-30(38)35-32(18-8-19-32)25-15-12-22(13-16-25)28-29(23-9-5-4-6-10-23)36-21-24(14-17-27(36)34-28)26(37)11-7-20-33/h4-6,9-10,12-17,21H,7-8,11,18-20H2,1-3H3,(H,35,38). The largest absolute Gasteiger partial charge is 0.444 e. The molecule has 1 fully saturated rings. The molecule has 1 aliphatic carbocycles. The van der Waals surface area contributed by atoms with Gasteiger partial charge in [0.2, 0.25) is 0 Å². The number of hydrogen-bond acceptors (Lipinski definition) is 4. The quantitative estimate of drug-likeness (QED) is 0.241. The predicted molar refractivity (Wildman–Crippen MR) is 151 cm³/mol. The number of ketones is 1. The number of alkyl halides is 1. The third kappa shape index (κ3) is 5.58. The summed E-state index contributed by atoms with van der Waals surface area (Å²) in [4.78, 5) is 30.2. The number of carbonyl (C=O) groups is 2. The third-order valence-corrected chi connectivity index (χ3v) is 7.18. The van der Waals surface area contributed by atoms with Crippen LogP contribution < -0.4 is 5.32 Å². The van der Waals surface area contributed by atoms with Gasteiger partial charge in [0.1, 0.15) is 11.2 Å². The molecule has 1 saturated carbocycles. The predicted octanol–water partition coefficient (Wildman–Crippen LogP) is 7.50. The van der Waals surface area contributed by atoms with Gasteiger partial charge in [-0.15, -0.1) is 0 Å². The van der Waals surface area contributed by atoms with E-state index < -0.39 is 23.9 Å². The lowest BCUT2D eigenvalue weighted by Crippen LogP contribution is -2.52. The van der Waals surface area contributed by atoms with Gasteiger partial charge >= 0.3 is 6.09 Å². The Bertz CT molecular complexity index is 1480. The Kier molecular flexibility index (Phi) is 7.25. The Morgan fingerprint density at radius 2 is 1.72 bits per heavy atom. The molecule has 0 aliphatic heterocycles. The van der Waals surface area contributed by atoms with Crippen LogP contribution in [-0.2, 0) is 10.3 Å². The summed E-state index contributed by atoms with van der Waals surface area (Å²) in [6.45, 7) is 5.06. The fraction of sp³-hybridized carbons (Fsp3) is 0.344. The van der Waals surface area contributed by atoms with Gasteiger partial charge in [-0.1, -0.05) is 54.6 Å². The van der Waals surface area contributed by atoms with Crippen LogP contribution in [0.25, 0.3) is 28.2 Å². The van der Waals surface area contributed by atoms with E-state index in [1.54, 1.807) is 12.3 Å². The number of aromatic nitrogens is 2. The number of alkyl carbamates (subject to hydrolysis) is 1. The lowest BCUT2D eigenvalue weighted by molar-refractivity contribution is 0.0377. The van der Waals surface area contributed by atoms with Crippen LogP contribution in [0.15, 0.2) is 72.9 Å². The van der Waals surface area contributed by atoms with Crippen molar-refractivity contribution < 1.29 is 18.7 Å². The van der Waals surface area contributed by atoms with E-state index in [0.717, 1.165) is 53.0 Å². The number of carbonyl (C=O) groups excluding carboxylic acids is 2. The van der Waals surface area contributed by atoms with Crippen molar-refractivity contribution in [2.24, 2.45) is 0 Å². The molecule has 0 saturated heterocycles. The average molecular weight is 528 g/mol. The average Bonchev–Trinajstić information content (AvgIpc) is 3.28. The number of nitrogens with one attached hydrogen (secondary N) is 1. The first kappa shape index (κ1) is 26.6. The van der Waals surface area contributed by atoms with Gasteiger partial charge in [0, 0.05) is 29.3 Å². The third-order valence-electron chi connectivity index (χ3n) is 7.18. The number of benzene rings is 2. The van der Waals surface area contributed by atoms with E-state index in [2.05, 4.69) is 17.4 Å². The Labute approximate surface area is 228 Å². The number of nitrogens with zero attached hydrogens (tertiary/aromatic N) is 2. The van der Waals surface area contributed by atoms with E-state index in [9.17, 15) is 14.0 Å². The molecule has 1 aliphatic rings. The minimum Gasteiger partial charge on any atom is -0.444 e. The smallest absolute Gasteiger partial charge is 0.408 e. The van der Waals surface area contributed by atoms with Gasteiger partial charge in [-0.25, -0.2) is 9.78 Å². The van der Waals surface area contributed by atoms with Crippen LogP contribution in [-0.4, -0.2) is 33.5 Å². The summed E-state index contributed by atoms with van der Waals surface area (Å²) >= 11 is 0. The number of pyridine rings is 1. The van der Waals surface area contributed by atoms with E-state index in [-0.39, 0.29) is 18.6 Å². The molecule has 1 amide bonds. The minimum absolute atomic E-state index is 0.0866. The van der Waals surface area contributed by atoms with Gasteiger partial charge < -0.3 is 10.1 Å². The number of ether oxygens (including phenoxy) is 1. The van der Waals surface area contributed by atoms with Crippen LogP contribution in [0, 0.1) is 0 Å². The molecule has 0 spiro atoms. The minimum atomic E-state index is -0.562. The molecular formula is C32H34FN3O3. The second-order valence-electron chi connectivity index (χ2n) is 11.2. The van der Waals surface area contributed by atoms with Crippen molar-refractivity contribution in [2.75, 3.05) is 6.67 Å². The molecule has 6 nitrogen and oxygen atoms in total. The number of fused-ring (bicyclic) bond motifs is 1. The fourth-order valence-electron chi connectivity index (χ4n) is 5.12. The van der Waals surface area contributed by atoms with Crippen molar-refractivity contribution in [1.82, 2.24) is 14.7 Å². The van der Waals surface area contributed by atoms with Crippen molar-refractivity contribution in [3.05, 3.63) is 84.1 Å². The normalized spacial score (nSPS) is 14.6. The zero-order chi connectivity index (χ0) is 27.6. The van der Waals surface area contributed by atoms with Crippen molar-refractivity contribution in [3.63, 3.8) is 0 Å². The van der Waals surface area contributed by atoms with Crippen LogP contribution in [0.3, 0.4) is 0 Å². The molecule has 2 aromatic heterocycles. The molecule has 5 rings (SSSR count). The molecule has 0 atom stereocenters. The molecule has 39 heavy (non-hydrogen) atoms. The van der Waals surface area contributed by atoms with E-state index in [1.807, 2.05) is 73.7 Å². The second-order valence-corrected chi connectivity index (χ2v) is 11.2. The van der Waals surface area contributed by atoms with E-state index in [1.165, 1.54) is 0 Å². The molecule has 1 N–H and O–H groups in total. The molecule has 0 radical (unpaired) electrons. The van der Waals surface area contributed by atoms with Crippen LogP contribution in [0.1, 0.15) is 68.8 Å². The Morgan fingerprint density at radius 1 is 1.00 bits per heavy atom. The zero-order valence-corrected chi connectivity index (χ0v) is 22.7. The molecule has 0 bridgehead atoms. The number of imidazole rings is 1. The maximum absolute atomic E-state index is 12.7. The van der Waals surface area contributed by atoms with Crippen molar-refractivity contribution in [2.45, 2.75) is 64.0 Å². The van der Waals surface area contributed by atoms with Gasteiger partial charge in [0.25, 0.3) is 0 Å². The zero-order valence-electron chi connectivity index (χ0n) is 22.7. The number of rotatable bonds is 8. The lowest BCUT2D eigenvalue weighted by atomic mass is 9.71. The van der Waals surface area contributed by atoms with E-state index in [4.69, 9.17) is 9.72 Å². The maximum atomic E-state index is 12.7. The van der Waals surface area contributed by atoms with Gasteiger partial charge in [-0.05, 0) is 64.2 Å². The van der Waals surface area contributed by atoms with E-state index >= 15 is 0 Å². The number of hydrogen-bond donors (Lipinski definition) is 1. The summed E-state index contributed by atoms with van der Waals surface area (Å²) in [7, 11) is 0. The Balaban J connectivity index is 1.52. The molecule has 2 aromatic carbocycles. The van der Waals surface area contributed by atoms with Crippen LogP contribution in [0.5, 0.6) is 0 Å². The maximum Gasteiger partial charge on any atom is 0.408 e. The first-order chi connectivity index (χ1) is 18.7. The van der Waals surface area contributed by atoms with Gasteiger partial charge in [-0.2, -0.15) is 0 Å². The highest BCUT2D eigenvalue weighted by Gasteiger charge is 2.41. The van der Waals surface area contributed by atoms with E-state index in [0.29, 0.717) is 5.56 Å². The Hall–Kier alpha value is -4.00. The SMILES string of the molecule is CC(C)(C)OC(=O)NC1(c2ccc(-c3nc4ccc(C(=O)CCCF)cn4c3-c3ccccc3)cc2)CCC1. The lowest BCUT2D eigenvalue weighted by Gasteiger charge is -2.43. The van der Waals surface area contributed by atoms with Crippen LogP contribution in [0.4, 0.5) is 9.18 Å². The van der Waals surface area contributed by atoms with Crippen molar-refractivity contribution in [3.8, 4) is 22.5 Å². The second kappa shape index (κ2) is 10.6. The van der Waals surface area contributed by atoms with Gasteiger partial charge in [-0.3, -0.25) is 13.6 Å². The highest BCUT2D eigenvalue weighted by Crippen LogP contribution is 2.42. The molecule has 4 aromatic rings. The molecule has 0 unspecified atom stereocenters. The summed E-state index contributed by atoms with van der Waals surface area (Å²) in [5.41, 5.74) is 4.87. The fourth-order valence-corrected chi connectivity index (χ4v) is 5.12. The highest BCUT2D eigenvalue weighted by atomic mass is 19.1. The summed E-state index contributed by atoms with van der Waals surface area (Å²) < 4.78 is 20.1. The van der Waals surface area contributed by atoms with Crippen LogP contribution in [0.2, 0.25) is 0 Å². The molecular weight excluding hydrogens is 493 g/mol. The molecule has 2 heterocycles. The first-order valence-electron chi connectivity index (χ1n) is 13.5. The molecule has 202 valence electrons. The highest BCUT2D eigenvalue weighted by molar-refractivity contribution is 5.96. The van der Waals surface area contributed by atoms with Crippen molar-refractivity contribution in [1.29, 1.82) is 0 Å². The number of halogens is 1. The van der Waals surface area contributed by atoms with Gasteiger partial charge in [0.15, 0.2) is 5.78 Å². The monoisotopic (exact) mass is 527 g/mol. The van der Waals surface area contributed by atoms with Crippen LogP contribution >= 0.6 is 0 Å². The number of Topliss-reactive ketones (excluding diaryl/α,β-unsaturated/α-hetero) is 1. The summed E-state index contributed by atoms with van der Waals surface area (Å²) in [6, 6.07) is 21.7. The summed E-state index contributed by atoms with van der Waals surface area (Å²) in [6.07, 6.45) is 4.53. The summed E-state index contributed by atoms with van der Waals surface area (Å²) in [5.74, 6) is -0.0866.